The van der Waals surface area contributed by atoms with Gasteiger partial charge in [0.15, 0.2) is 0 Å². The van der Waals surface area contributed by atoms with E-state index in [1.807, 2.05) is 0 Å². The maximum atomic E-state index is 11.6. The Hall–Kier alpha value is -1.21. The van der Waals surface area contributed by atoms with Gasteiger partial charge in [0.1, 0.15) is 0 Å². The van der Waals surface area contributed by atoms with Crippen LogP contribution in [0.5, 0.6) is 0 Å². The largest absolute Gasteiger partial charge is 0.335 e. The molecule has 1 saturated heterocycles. The number of nitrogens with one attached hydrogen (secondary N) is 2. The number of carbonyl (C=O) groups is 1. The highest BCUT2D eigenvalue weighted by Crippen LogP contribution is 2.16. The van der Waals surface area contributed by atoms with E-state index in [1.165, 1.54) is 45.2 Å². The molecule has 4 nitrogen and oxygen atoms in total. The van der Waals surface area contributed by atoms with Crippen LogP contribution in [0.3, 0.4) is 0 Å². The van der Waals surface area contributed by atoms with Crippen molar-refractivity contribution in [2.45, 2.75) is 51.0 Å². The lowest BCUT2D eigenvalue weighted by atomic mass is 9.96. The number of hydrogen-bond acceptors (Lipinski definition) is 2. The minimum Gasteiger partial charge on any atom is -0.335 e. The van der Waals surface area contributed by atoms with Gasteiger partial charge in [0.25, 0.3) is 0 Å². The number of nitrogens with zero attached hydrogens (tertiary/aromatic N) is 1. The van der Waals surface area contributed by atoms with Gasteiger partial charge in [0.2, 0.25) is 0 Å². The van der Waals surface area contributed by atoms with E-state index in [1.54, 1.807) is 0 Å². The molecule has 2 amide bonds. The third kappa shape index (κ3) is 5.52. The summed E-state index contributed by atoms with van der Waals surface area (Å²) in [7, 11) is 0. The zero-order valence-corrected chi connectivity index (χ0v) is 11.7. The molecule has 19 heavy (non-hydrogen) atoms. The monoisotopic (exact) mass is 263 g/mol. The van der Waals surface area contributed by atoms with Crippen LogP contribution in [0.15, 0.2) is 0 Å². The van der Waals surface area contributed by atoms with Gasteiger partial charge in [-0.25, -0.2) is 4.79 Å². The van der Waals surface area contributed by atoms with Gasteiger partial charge in [0.05, 0.1) is 13.1 Å². The van der Waals surface area contributed by atoms with Gasteiger partial charge in [-0.3, -0.25) is 4.90 Å². The van der Waals surface area contributed by atoms with E-state index in [0.29, 0.717) is 12.6 Å². The van der Waals surface area contributed by atoms with Crippen molar-refractivity contribution in [2.24, 2.45) is 0 Å². The van der Waals surface area contributed by atoms with E-state index < -0.39 is 0 Å². The quantitative estimate of drug-likeness (QED) is 0.762. The summed E-state index contributed by atoms with van der Waals surface area (Å²) in [6.45, 7) is 3.63. The summed E-state index contributed by atoms with van der Waals surface area (Å²) < 4.78 is 0. The van der Waals surface area contributed by atoms with Crippen LogP contribution in [0, 0.1) is 11.8 Å². The van der Waals surface area contributed by atoms with Gasteiger partial charge in [-0.15, -0.1) is 0 Å². The second-order valence-electron chi connectivity index (χ2n) is 5.50. The Bertz CT molecular complexity index is 333. The SMILES string of the molecule is O=C(NCC#CCN1CCCC1)NC1CCCCC1. The highest BCUT2D eigenvalue weighted by atomic mass is 16.2. The molecule has 4 heteroatoms. The van der Waals surface area contributed by atoms with Crippen LogP contribution in [-0.4, -0.2) is 43.2 Å². The van der Waals surface area contributed by atoms with Crippen LogP contribution in [0.1, 0.15) is 44.9 Å². The summed E-state index contributed by atoms with van der Waals surface area (Å²) in [5.74, 6) is 6.14. The summed E-state index contributed by atoms with van der Waals surface area (Å²) in [5, 5.41) is 5.84. The van der Waals surface area contributed by atoms with Crippen molar-refractivity contribution in [3.05, 3.63) is 0 Å². The molecule has 106 valence electrons. The summed E-state index contributed by atoms with van der Waals surface area (Å²) in [6.07, 6.45) is 8.61. The fraction of sp³-hybridized carbons (Fsp3) is 0.800. The zero-order chi connectivity index (χ0) is 13.3. The Morgan fingerprint density at radius 1 is 1.05 bits per heavy atom. The van der Waals surface area contributed by atoms with E-state index in [0.717, 1.165) is 19.4 Å². The summed E-state index contributed by atoms with van der Waals surface area (Å²) >= 11 is 0. The first-order valence-electron chi connectivity index (χ1n) is 7.57. The molecule has 0 aromatic rings. The highest BCUT2D eigenvalue weighted by molar-refractivity contribution is 5.74. The second-order valence-corrected chi connectivity index (χ2v) is 5.50. The molecule has 0 bridgehead atoms. The van der Waals surface area contributed by atoms with Gasteiger partial charge in [-0.05, 0) is 38.8 Å². The molecule has 0 spiro atoms. The van der Waals surface area contributed by atoms with Crippen molar-refractivity contribution in [1.29, 1.82) is 0 Å². The Balaban J connectivity index is 1.54. The molecule has 0 unspecified atom stereocenters. The number of amides is 2. The number of hydrogen-bond donors (Lipinski definition) is 2. The van der Waals surface area contributed by atoms with Gasteiger partial charge in [-0.1, -0.05) is 31.1 Å². The summed E-state index contributed by atoms with van der Waals surface area (Å²) in [6, 6.07) is 0.300. The van der Waals surface area contributed by atoms with Gasteiger partial charge in [-0.2, -0.15) is 0 Å². The van der Waals surface area contributed by atoms with Crippen LogP contribution in [0.4, 0.5) is 4.79 Å². The minimum absolute atomic E-state index is 0.0672. The number of likely N-dealkylation sites (tertiary alicyclic amines) is 1. The molecule has 2 fully saturated rings. The molecule has 2 rings (SSSR count). The third-order valence-corrected chi connectivity index (χ3v) is 3.90. The molecular formula is C15H25N3O. The topological polar surface area (TPSA) is 44.4 Å². The third-order valence-electron chi connectivity index (χ3n) is 3.90. The standard InChI is InChI=1S/C15H25N3O/c19-15(17-14-8-2-1-3-9-14)16-10-4-5-11-18-12-6-7-13-18/h14H,1-3,6-13H2,(H2,16,17,19). The molecule has 1 heterocycles. The van der Waals surface area contributed by atoms with Crippen molar-refractivity contribution in [3.63, 3.8) is 0 Å². The smallest absolute Gasteiger partial charge is 0.315 e. The predicted molar refractivity (Wildman–Crippen MR) is 76.9 cm³/mol. The summed E-state index contributed by atoms with van der Waals surface area (Å²) in [5.41, 5.74) is 0. The maximum Gasteiger partial charge on any atom is 0.315 e. The fourth-order valence-electron chi connectivity index (χ4n) is 2.78. The molecule has 0 radical (unpaired) electrons. The van der Waals surface area contributed by atoms with Gasteiger partial charge in [0, 0.05) is 6.04 Å². The maximum absolute atomic E-state index is 11.6. The second kappa shape index (κ2) is 8.06. The average molecular weight is 263 g/mol. The van der Waals surface area contributed by atoms with Crippen molar-refractivity contribution >= 4 is 6.03 Å². The molecule has 1 aliphatic carbocycles. The van der Waals surface area contributed by atoms with E-state index in [4.69, 9.17) is 0 Å². The van der Waals surface area contributed by atoms with E-state index in [9.17, 15) is 4.79 Å². The molecular weight excluding hydrogens is 238 g/mol. The lowest BCUT2D eigenvalue weighted by molar-refractivity contribution is 0.234. The van der Waals surface area contributed by atoms with Gasteiger partial charge >= 0.3 is 6.03 Å². The molecule has 1 saturated carbocycles. The molecule has 0 atom stereocenters. The highest BCUT2D eigenvalue weighted by Gasteiger charge is 2.14. The normalized spacial score (nSPS) is 20.6. The van der Waals surface area contributed by atoms with E-state index in [2.05, 4.69) is 27.4 Å². The molecule has 0 aromatic heterocycles. The van der Waals surface area contributed by atoms with Crippen molar-refractivity contribution in [3.8, 4) is 11.8 Å². The Morgan fingerprint density at radius 3 is 2.53 bits per heavy atom. The Morgan fingerprint density at radius 2 is 1.79 bits per heavy atom. The molecule has 1 aliphatic heterocycles. The number of rotatable bonds is 3. The molecule has 2 aliphatic rings. The first-order chi connectivity index (χ1) is 9.34. The Labute approximate surface area is 116 Å². The number of urea groups is 1. The lowest BCUT2D eigenvalue weighted by Crippen LogP contribution is -2.43. The van der Waals surface area contributed by atoms with Crippen LogP contribution in [0.25, 0.3) is 0 Å². The van der Waals surface area contributed by atoms with Crippen LogP contribution < -0.4 is 10.6 Å². The van der Waals surface area contributed by atoms with Crippen LogP contribution in [0.2, 0.25) is 0 Å². The van der Waals surface area contributed by atoms with E-state index >= 15 is 0 Å². The summed E-state index contributed by atoms with van der Waals surface area (Å²) in [4.78, 5) is 14.0. The minimum atomic E-state index is -0.0672. The average Bonchev–Trinajstić information content (AvgIpc) is 2.92. The Kier molecular flexibility index (Phi) is 6.03. The fourth-order valence-corrected chi connectivity index (χ4v) is 2.78. The number of carbonyl (C=O) groups excluding carboxylic acids is 1. The molecule has 0 aromatic carbocycles. The van der Waals surface area contributed by atoms with Crippen LogP contribution in [-0.2, 0) is 0 Å². The van der Waals surface area contributed by atoms with Crippen molar-refractivity contribution < 1.29 is 4.79 Å². The van der Waals surface area contributed by atoms with E-state index in [-0.39, 0.29) is 6.03 Å². The lowest BCUT2D eigenvalue weighted by Gasteiger charge is -2.22. The van der Waals surface area contributed by atoms with Crippen molar-refractivity contribution in [2.75, 3.05) is 26.2 Å². The zero-order valence-electron chi connectivity index (χ0n) is 11.7. The molecule has 2 N–H and O–H groups in total. The van der Waals surface area contributed by atoms with Gasteiger partial charge < -0.3 is 10.6 Å². The first-order valence-corrected chi connectivity index (χ1v) is 7.57. The van der Waals surface area contributed by atoms with Crippen molar-refractivity contribution in [1.82, 2.24) is 15.5 Å². The first kappa shape index (κ1) is 14.2. The van der Waals surface area contributed by atoms with Crippen LogP contribution >= 0.6 is 0 Å². The predicted octanol–water partition coefficient (Wildman–Crippen LogP) is 1.72.